The van der Waals surface area contributed by atoms with Gasteiger partial charge in [-0.25, -0.2) is 23.5 Å². The molecular weight excluding hydrogens is 601 g/mol. The lowest BCUT2D eigenvalue weighted by Crippen LogP contribution is -2.36. The van der Waals surface area contributed by atoms with E-state index in [0.29, 0.717) is 11.1 Å². The molecule has 0 saturated heterocycles. The Kier molecular flexibility index (Phi) is 10.4. The standard InChI is InChI=1S/C17H14N4O5.C11H10FN3O2.ClH/c1-26-17(25)11-4-2-10(3-5-11)9-18-15(22)12-8-13(16(23)24)21-14(20-12)6-7-19-21;12-6-2-1-5(4-13)3-7(6)15-9-8(14)10(16)11(9)17;/h2-8H,9H2,1H3,(H,18,22)(H,23,24);1-3,15H,4,13-14H2;1H. The first-order valence-corrected chi connectivity index (χ1v) is 12.4. The summed E-state index contributed by atoms with van der Waals surface area (Å²) in [6, 6.07) is 13.4. The second-order valence-electron chi connectivity index (χ2n) is 8.89. The molecule has 228 valence electrons. The molecule has 0 aliphatic rings. The number of hydrogen-bond donors (Lipinski definition) is 5. The molecule has 5 aromatic rings. The number of carbonyl (C=O) groups excluding carboxylic acids is 2. The fourth-order valence-electron chi connectivity index (χ4n) is 3.79. The number of aromatic nitrogens is 3. The lowest BCUT2D eigenvalue weighted by molar-refractivity contribution is 0.0599. The van der Waals surface area contributed by atoms with E-state index in [-0.39, 0.29) is 59.6 Å². The molecule has 44 heavy (non-hydrogen) atoms. The van der Waals surface area contributed by atoms with Crippen molar-refractivity contribution >= 4 is 53.0 Å². The SMILES string of the molecule is COC(=O)c1ccc(CNC(=O)c2cc(C(=O)O)n3nccc3n2)cc1.Cl.NCc1ccc(F)c(Nc2c(N)c(=O)c2=O)c1. The van der Waals surface area contributed by atoms with Crippen LogP contribution in [0.3, 0.4) is 0 Å². The first-order chi connectivity index (χ1) is 20.5. The number of methoxy groups -OCH3 is 1. The van der Waals surface area contributed by atoms with Gasteiger partial charge in [-0.15, -0.1) is 12.4 Å². The predicted octanol–water partition coefficient (Wildman–Crippen LogP) is 1.77. The zero-order valence-corrected chi connectivity index (χ0v) is 23.7. The van der Waals surface area contributed by atoms with Gasteiger partial charge in [0.05, 0.1) is 24.6 Å². The van der Waals surface area contributed by atoms with E-state index in [2.05, 4.69) is 25.5 Å². The number of nitrogens with one attached hydrogen (secondary N) is 2. The van der Waals surface area contributed by atoms with Gasteiger partial charge in [0.2, 0.25) is 0 Å². The topological polar surface area (TPSA) is 221 Å². The molecule has 0 fully saturated rings. The molecule has 0 atom stereocenters. The van der Waals surface area contributed by atoms with E-state index >= 15 is 0 Å². The number of carboxylic acid groups (broad SMARTS) is 1. The third-order valence-corrected chi connectivity index (χ3v) is 6.11. The summed E-state index contributed by atoms with van der Waals surface area (Å²) in [7, 11) is 1.30. The van der Waals surface area contributed by atoms with Gasteiger partial charge in [0.1, 0.15) is 22.9 Å². The quantitative estimate of drug-likeness (QED) is 0.123. The summed E-state index contributed by atoms with van der Waals surface area (Å²) in [6.45, 7) is 0.436. The Labute approximate surface area is 253 Å². The minimum Gasteiger partial charge on any atom is -0.477 e. The van der Waals surface area contributed by atoms with Crippen LogP contribution in [-0.2, 0) is 17.8 Å². The van der Waals surface area contributed by atoms with Gasteiger partial charge < -0.3 is 31.9 Å². The Morgan fingerprint density at radius 2 is 1.70 bits per heavy atom. The van der Waals surface area contributed by atoms with Crippen molar-refractivity contribution in [2.45, 2.75) is 13.1 Å². The zero-order chi connectivity index (χ0) is 31.3. The predicted molar refractivity (Wildman–Crippen MR) is 159 cm³/mol. The van der Waals surface area contributed by atoms with Crippen LogP contribution < -0.4 is 33.0 Å². The molecule has 1 amide bonds. The Hall–Kier alpha value is -5.67. The number of carboxylic acids is 1. The fourth-order valence-corrected chi connectivity index (χ4v) is 3.79. The molecule has 0 aliphatic heterocycles. The van der Waals surface area contributed by atoms with Gasteiger partial charge >= 0.3 is 11.9 Å². The average molecular weight is 626 g/mol. The van der Waals surface area contributed by atoms with Crippen LogP contribution in [0.2, 0.25) is 0 Å². The summed E-state index contributed by atoms with van der Waals surface area (Å²) in [6.07, 6.45) is 1.40. The number of anilines is 3. The van der Waals surface area contributed by atoms with E-state index in [1.807, 2.05) is 0 Å². The van der Waals surface area contributed by atoms with Crippen LogP contribution in [0.15, 0.2) is 70.4 Å². The maximum absolute atomic E-state index is 13.4. The number of amides is 1. The van der Waals surface area contributed by atoms with E-state index in [1.165, 1.54) is 37.6 Å². The minimum atomic E-state index is -1.21. The third-order valence-electron chi connectivity index (χ3n) is 6.11. The molecule has 16 heteroatoms. The van der Waals surface area contributed by atoms with E-state index in [4.69, 9.17) is 11.5 Å². The van der Waals surface area contributed by atoms with E-state index in [1.54, 1.807) is 24.3 Å². The summed E-state index contributed by atoms with van der Waals surface area (Å²) in [5, 5.41) is 18.3. The van der Waals surface area contributed by atoms with Crippen molar-refractivity contribution in [3.05, 3.63) is 115 Å². The number of hydrogen-bond acceptors (Lipinski definition) is 11. The number of ether oxygens (including phenoxy) is 1. The van der Waals surface area contributed by atoms with E-state index in [9.17, 15) is 33.5 Å². The monoisotopic (exact) mass is 625 g/mol. The molecule has 7 N–H and O–H groups in total. The highest BCUT2D eigenvalue weighted by molar-refractivity contribution is 5.96. The number of rotatable bonds is 8. The Balaban J connectivity index is 0.000000256. The number of fused-ring (bicyclic) bond motifs is 1. The van der Waals surface area contributed by atoms with Crippen molar-refractivity contribution in [2.24, 2.45) is 5.73 Å². The van der Waals surface area contributed by atoms with Crippen molar-refractivity contribution in [1.29, 1.82) is 0 Å². The first-order valence-electron chi connectivity index (χ1n) is 12.4. The van der Waals surface area contributed by atoms with Crippen molar-refractivity contribution in [2.75, 3.05) is 18.2 Å². The van der Waals surface area contributed by atoms with Gasteiger partial charge in [-0.3, -0.25) is 14.4 Å². The first kappa shape index (κ1) is 32.8. The molecule has 2 aromatic heterocycles. The van der Waals surface area contributed by atoms with Crippen molar-refractivity contribution < 1.29 is 28.6 Å². The molecule has 0 unspecified atom stereocenters. The lowest BCUT2D eigenvalue weighted by atomic mass is 10.1. The van der Waals surface area contributed by atoms with Gasteiger partial charge in [0.25, 0.3) is 16.8 Å². The van der Waals surface area contributed by atoms with Crippen LogP contribution in [0, 0.1) is 5.82 Å². The lowest BCUT2D eigenvalue weighted by Gasteiger charge is -2.11. The Morgan fingerprint density at radius 1 is 1.02 bits per heavy atom. The van der Waals surface area contributed by atoms with Gasteiger partial charge in [0.15, 0.2) is 11.3 Å². The van der Waals surface area contributed by atoms with Crippen LogP contribution >= 0.6 is 12.4 Å². The molecule has 0 aliphatic carbocycles. The summed E-state index contributed by atoms with van der Waals surface area (Å²) in [5.41, 5.74) is 11.0. The molecule has 0 bridgehead atoms. The summed E-state index contributed by atoms with van der Waals surface area (Å²) >= 11 is 0. The van der Waals surface area contributed by atoms with Gasteiger partial charge in [-0.1, -0.05) is 18.2 Å². The molecular formula is C28H25ClFN7O7. The van der Waals surface area contributed by atoms with Crippen LogP contribution in [0.4, 0.5) is 21.5 Å². The molecule has 14 nitrogen and oxygen atoms in total. The molecule has 0 saturated carbocycles. The van der Waals surface area contributed by atoms with Crippen LogP contribution in [0.25, 0.3) is 5.65 Å². The maximum atomic E-state index is 13.4. The fraction of sp³-hybridized carbons (Fsp3) is 0.107. The van der Waals surface area contributed by atoms with Gasteiger partial charge in [0, 0.05) is 25.2 Å². The van der Waals surface area contributed by atoms with Gasteiger partial charge in [-0.05, 0) is 35.4 Å². The highest BCUT2D eigenvalue weighted by Gasteiger charge is 2.19. The summed E-state index contributed by atoms with van der Waals surface area (Å²) in [5.74, 6) is -2.73. The Morgan fingerprint density at radius 3 is 2.32 bits per heavy atom. The molecule has 2 heterocycles. The number of benzene rings is 2. The maximum Gasteiger partial charge on any atom is 0.354 e. The third kappa shape index (κ3) is 7.03. The smallest absolute Gasteiger partial charge is 0.354 e. The largest absolute Gasteiger partial charge is 0.477 e. The molecule has 3 aromatic carbocycles. The number of aromatic carboxylic acids is 1. The van der Waals surface area contributed by atoms with E-state index in [0.717, 1.165) is 16.1 Å². The molecule has 0 spiro atoms. The van der Waals surface area contributed by atoms with Crippen LogP contribution in [0.5, 0.6) is 0 Å². The highest BCUT2D eigenvalue weighted by atomic mass is 35.5. The van der Waals surface area contributed by atoms with Gasteiger partial charge in [-0.2, -0.15) is 5.10 Å². The number of esters is 1. The highest BCUT2D eigenvalue weighted by Crippen LogP contribution is 2.22. The number of carbonyl (C=O) groups is 3. The molecule has 0 radical (unpaired) electrons. The average Bonchev–Trinajstić information content (AvgIpc) is 3.51. The normalized spacial score (nSPS) is 10.3. The van der Waals surface area contributed by atoms with Crippen LogP contribution in [-0.4, -0.2) is 44.7 Å². The number of nitrogen functional groups attached to an aromatic ring is 1. The molecule has 5 rings (SSSR count). The van der Waals surface area contributed by atoms with Crippen LogP contribution in [0.1, 0.15) is 42.5 Å². The number of nitrogens with zero attached hydrogens (tertiary/aromatic N) is 3. The zero-order valence-electron chi connectivity index (χ0n) is 22.9. The summed E-state index contributed by atoms with van der Waals surface area (Å²) < 4.78 is 19.2. The van der Waals surface area contributed by atoms with Crippen molar-refractivity contribution in [1.82, 2.24) is 19.9 Å². The minimum absolute atomic E-state index is 0. The second kappa shape index (κ2) is 14.0. The number of nitrogens with two attached hydrogens (primary N) is 2. The number of halogens is 2. The summed E-state index contributed by atoms with van der Waals surface area (Å²) in [4.78, 5) is 61.2. The van der Waals surface area contributed by atoms with Crippen molar-refractivity contribution in [3.8, 4) is 0 Å². The van der Waals surface area contributed by atoms with Crippen molar-refractivity contribution in [3.63, 3.8) is 0 Å². The van der Waals surface area contributed by atoms with E-state index < -0.39 is 34.5 Å². The Bertz CT molecular complexity index is 1920. The second-order valence-corrected chi connectivity index (χ2v) is 8.89.